The summed E-state index contributed by atoms with van der Waals surface area (Å²) in [7, 11) is 0. The van der Waals surface area contributed by atoms with Crippen LogP contribution >= 0.6 is 23.4 Å². The van der Waals surface area contributed by atoms with Gasteiger partial charge in [0.25, 0.3) is 17.5 Å². The molecule has 0 heterocycles. The lowest BCUT2D eigenvalue weighted by Crippen LogP contribution is -2.30. The number of hydrogen-bond donors (Lipinski definition) is 3. The number of hydrogen-bond acceptors (Lipinski definition) is 6. The molecule has 0 aliphatic carbocycles. The van der Waals surface area contributed by atoms with Crippen LogP contribution in [-0.2, 0) is 9.59 Å². The van der Waals surface area contributed by atoms with Crippen LogP contribution in [0.5, 0.6) is 0 Å². The highest BCUT2D eigenvalue weighted by Crippen LogP contribution is 2.37. The summed E-state index contributed by atoms with van der Waals surface area (Å²) in [6.07, 6.45) is 1.54. The van der Waals surface area contributed by atoms with Gasteiger partial charge in [-0.25, -0.2) is 0 Å². The summed E-state index contributed by atoms with van der Waals surface area (Å²) < 4.78 is 0. The van der Waals surface area contributed by atoms with E-state index in [1.807, 2.05) is 36.4 Å². The first kappa shape index (κ1) is 32.7. The molecule has 3 N–H and O–H groups in total. The molecule has 1 atom stereocenters. The number of nitro benzene ring substituents is 1. The Kier molecular flexibility index (Phi) is 10.8. The second kappa shape index (κ2) is 15.5. The molecule has 5 aromatic rings. The van der Waals surface area contributed by atoms with Crippen molar-refractivity contribution in [2.45, 2.75) is 10.1 Å². The lowest BCUT2D eigenvalue weighted by Gasteiger charge is -2.18. The third kappa shape index (κ3) is 9.16. The Hall–Kier alpha value is -5.71. The molecule has 3 amide bonds. The molecule has 0 radical (unpaired) electrons. The maximum absolute atomic E-state index is 13.6. The average Bonchev–Trinajstić information content (AvgIpc) is 3.08. The number of carbonyl (C=O) groups is 3. The van der Waals surface area contributed by atoms with Gasteiger partial charge in [-0.05, 0) is 71.8 Å². The number of nitrogens with one attached hydrogen (secondary N) is 3. The fourth-order valence-corrected chi connectivity index (χ4v) is 5.74. The van der Waals surface area contributed by atoms with Crippen molar-refractivity contribution in [3.8, 4) is 0 Å². The Labute approximate surface area is 279 Å². The van der Waals surface area contributed by atoms with Crippen LogP contribution in [0.15, 0.2) is 144 Å². The first-order valence-corrected chi connectivity index (χ1v) is 15.5. The van der Waals surface area contributed by atoms with Gasteiger partial charge in [-0.2, -0.15) is 0 Å². The Balaban J connectivity index is 1.36. The Morgan fingerprint density at radius 1 is 0.745 bits per heavy atom. The predicted octanol–water partition coefficient (Wildman–Crippen LogP) is 8.13. The number of benzene rings is 5. The first-order valence-electron chi connectivity index (χ1n) is 14.3. The van der Waals surface area contributed by atoms with Crippen molar-refractivity contribution in [3.63, 3.8) is 0 Å². The summed E-state index contributed by atoms with van der Waals surface area (Å²) in [6, 6.07) is 37.2. The molecular weight excluding hydrogens is 636 g/mol. The molecule has 234 valence electrons. The van der Waals surface area contributed by atoms with Crippen molar-refractivity contribution < 1.29 is 19.3 Å². The number of nitrogens with zero attached hydrogens (tertiary/aromatic N) is 1. The van der Waals surface area contributed by atoms with Crippen LogP contribution in [0.4, 0.5) is 17.1 Å². The number of thioether (sulfide) groups is 1. The zero-order valence-electron chi connectivity index (χ0n) is 24.6. The van der Waals surface area contributed by atoms with Crippen molar-refractivity contribution in [1.82, 2.24) is 5.32 Å². The zero-order chi connectivity index (χ0) is 33.2. The number of amides is 3. The molecule has 47 heavy (non-hydrogen) atoms. The van der Waals surface area contributed by atoms with Crippen molar-refractivity contribution in [2.24, 2.45) is 0 Å². The van der Waals surface area contributed by atoms with Crippen LogP contribution in [-0.4, -0.2) is 22.6 Å². The number of nitro groups is 1. The zero-order valence-corrected chi connectivity index (χ0v) is 26.2. The van der Waals surface area contributed by atoms with Gasteiger partial charge in [0.2, 0.25) is 5.91 Å². The molecule has 5 aromatic carbocycles. The van der Waals surface area contributed by atoms with Crippen molar-refractivity contribution in [3.05, 3.63) is 171 Å². The molecule has 5 rings (SSSR count). The largest absolute Gasteiger partial charge is 0.325 e. The number of carbonyl (C=O) groups excluding carboxylic acids is 3. The Morgan fingerprint density at radius 2 is 1.43 bits per heavy atom. The fourth-order valence-electron chi connectivity index (χ4n) is 4.46. The van der Waals surface area contributed by atoms with Gasteiger partial charge in [-0.3, -0.25) is 24.5 Å². The third-order valence-electron chi connectivity index (χ3n) is 6.72. The topological polar surface area (TPSA) is 130 Å². The quantitative estimate of drug-likeness (QED) is 0.0567. The van der Waals surface area contributed by atoms with E-state index in [0.717, 1.165) is 5.56 Å². The summed E-state index contributed by atoms with van der Waals surface area (Å²) in [5, 5.41) is 19.2. The van der Waals surface area contributed by atoms with E-state index in [1.54, 1.807) is 72.8 Å². The molecule has 0 saturated carbocycles. The van der Waals surface area contributed by atoms with Crippen LogP contribution in [0, 0.1) is 10.1 Å². The van der Waals surface area contributed by atoms with Crippen molar-refractivity contribution in [1.29, 1.82) is 0 Å². The van der Waals surface area contributed by atoms with Gasteiger partial charge in [0.05, 0.1) is 4.92 Å². The number of rotatable bonds is 11. The SMILES string of the molecule is O=C(Nc1cccc(SC(C(=O)Nc2ccc([N+](=O)[O-])cc2)c2ccccc2)c1)/C(=C/c1cccc(Cl)c1)NC(=O)c1ccccc1. The summed E-state index contributed by atoms with van der Waals surface area (Å²) in [5.74, 6) is -1.35. The molecule has 0 aliphatic heterocycles. The summed E-state index contributed by atoms with van der Waals surface area (Å²) in [6.45, 7) is 0. The van der Waals surface area contributed by atoms with Gasteiger partial charge in [0.1, 0.15) is 10.9 Å². The van der Waals surface area contributed by atoms with Crippen LogP contribution in [0.2, 0.25) is 5.02 Å². The third-order valence-corrected chi connectivity index (χ3v) is 8.20. The highest BCUT2D eigenvalue weighted by atomic mass is 35.5. The standard InChI is InChI=1S/C36H27ClN4O5S/c37-27-14-7-9-24(21-27)22-32(40-34(42)26-12-5-2-6-13-26)35(43)39-29-15-8-16-31(23-29)47-33(25-10-3-1-4-11-25)36(44)38-28-17-19-30(20-18-28)41(45)46/h1-23,33H,(H,38,44)(H,39,43)(H,40,42)/b32-22-. The normalized spacial score (nSPS) is 11.6. The average molecular weight is 663 g/mol. The van der Waals surface area contributed by atoms with E-state index in [0.29, 0.717) is 32.4 Å². The van der Waals surface area contributed by atoms with Gasteiger partial charge in [-0.15, -0.1) is 11.8 Å². The van der Waals surface area contributed by atoms with E-state index >= 15 is 0 Å². The minimum atomic E-state index is -0.694. The highest BCUT2D eigenvalue weighted by Gasteiger charge is 2.23. The van der Waals surface area contributed by atoms with Crippen molar-refractivity contribution >= 4 is 64.2 Å². The van der Waals surface area contributed by atoms with Crippen LogP contribution < -0.4 is 16.0 Å². The lowest BCUT2D eigenvalue weighted by molar-refractivity contribution is -0.384. The van der Waals surface area contributed by atoms with E-state index < -0.39 is 22.0 Å². The Morgan fingerprint density at radius 3 is 2.11 bits per heavy atom. The van der Waals surface area contributed by atoms with E-state index in [9.17, 15) is 24.5 Å². The Bertz CT molecular complexity index is 1940. The molecule has 0 saturated heterocycles. The second-order valence-electron chi connectivity index (χ2n) is 10.1. The molecule has 0 aromatic heterocycles. The smallest absolute Gasteiger partial charge is 0.272 e. The number of anilines is 2. The van der Waals surface area contributed by atoms with E-state index in [4.69, 9.17) is 11.6 Å². The monoisotopic (exact) mass is 662 g/mol. The predicted molar refractivity (Wildman–Crippen MR) is 185 cm³/mol. The van der Waals surface area contributed by atoms with Crippen LogP contribution in [0.3, 0.4) is 0 Å². The maximum atomic E-state index is 13.6. The molecular formula is C36H27ClN4O5S. The first-order chi connectivity index (χ1) is 22.7. The minimum absolute atomic E-state index is 0.00353. The second-order valence-corrected chi connectivity index (χ2v) is 11.7. The molecule has 0 spiro atoms. The van der Waals surface area contributed by atoms with Gasteiger partial charge in [0, 0.05) is 39.0 Å². The maximum Gasteiger partial charge on any atom is 0.272 e. The number of halogens is 1. The van der Waals surface area contributed by atoms with E-state index in [-0.39, 0.29) is 17.3 Å². The molecule has 1 unspecified atom stereocenters. The summed E-state index contributed by atoms with van der Waals surface area (Å²) in [5.41, 5.74) is 2.51. The van der Waals surface area contributed by atoms with Gasteiger partial charge >= 0.3 is 0 Å². The minimum Gasteiger partial charge on any atom is -0.325 e. The van der Waals surface area contributed by atoms with Gasteiger partial charge < -0.3 is 16.0 Å². The van der Waals surface area contributed by atoms with E-state index in [2.05, 4.69) is 16.0 Å². The molecule has 0 bridgehead atoms. The molecule has 0 aliphatic rings. The fraction of sp³-hybridized carbons (Fsp3) is 0.0278. The van der Waals surface area contributed by atoms with Crippen LogP contribution in [0.25, 0.3) is 6.08 Å². The van der Waals surface area contributed by atoms with Gasteiger partial charge in [0.15, 0.2) is 0 Å². The van der Waals surface area contributed by atoms with E-state index in [1.165, 1.54) is 42.1 Å². The molecule has 11 heteroatoms. The molecule has 0 fully saturated rings. The summed E-state index contributed by atoms with van der Waals surface area (Å²) >= 11 is 7.42. The lowest BCUT2D eigenvalue weighted by atomic mass is 10.1. The van der Waals surface area contributed by atoms with Gasteiger partial charge in [-0.1, -0.05) is 78.3 Å². The highest BCUT2D eigenvalue weighted by molar-refractivity contribution is 8.00. The number of non-ortho nitro benzene ring substituents is 1. The van der Waals surface area contributed by atoms with Crippen LogP contribution in [0.1, 0.15) is 26.7 Å². The van der Waals surface area contributed by atoms with Crippen molar-refractivity contribution in [2.75, 3.05) is 10.6 Å². The summed E-state index contributed by atoms with van der Waals surface area (Å²) in [4.78, 5) is 51.3. The molecule has 9 nitrogen and oxygen atoms in total.